The van der Waals surface area contributed by atoms with Crippen LogP contribution in [0.3, 0.4) is 0 Å². The van der Waals surface area contributed by atoms with Crippen LogP contribution in [0.5, 0.6) is 5.75 Å². The van der Waals surface area contributed by atoms with Crippen molar-refractivity contribution in [3.8, 4) is 5.75 Å². The molecule has 0 saturated carbocycles. The number of hydrogen-bond acceptors (Lipinski definition) is 9. The average molecular weight is 738 g/mol. The van der Waals surface area contributed by atoms with Gasteiger partial charge in [-0.1, -0.05) is 76.8 Å². The van der Waals surface area contributed by atoms with Crippen LogP contribution in [0.1, 0.15) is 41.2 Å². The normalized spacial score (nSPS) is 16.9. The molecule has 0 radical (unpaired) electrons. The van der Waals surface area contributed by atoms with Crippen LogP contribution >= 0.6 is 23.2 Å². The lowest BCUT2D eigenvalue weighted by Gasteiger charge is -2.31. The number of azide groups is 1. The molecule has 0 fully saturated rings. The zero-order valence-corrected chi connectivity index (χ0v) is 29.0. The number of benzene rings is 4. The molecule has 1 amide bonds. The van der Waals surface area contributed by atoms with E-state index in [9.17, 15) is 13.2 Å². The summed E-state index contributed by atoms with van der Waals surface area (Å²) in [5.41, 5.74) is 15.1. The molecule has 1 heterocycles. The molecule has 0 aromatic heterocycles. The number of hydrogen-bond donors (Lipinski definition) is 3. The summed E-state index contributed by atoms with van der Waals surface area (Å²) in [5.74, 6) is -0.447. The molecule has 50 heavy (non-hydrogen) atoms. The Morgan fingerprint density at radius 3 is 2.48 bits per heavy atom. The van der Waals surface area contributed by atoms with E-state index in [-0.39, 0.29) is 36.9 Å². The molecule has 1 aliphatic rings. The summed E-state index contributed by atoms with van der Waals surface area (Å²) >= 11 is 12.4. The third-order valence-electron chi connectivity index (χ3n) is 8.02. The van der Waals surface area contributed by atoms with E-state index in [4.69, 9.17) is 48.3 Å². The number of carbonyl (C=O) groups is 1. The van der Waals surface area contributed by atoms with Crippen molar-refractivity contribution in [1.82, 2.24) is 10.9 Å². The van der Waals surface area contributed by atoms with Crippen molar-refractivity contribution in [2.45, 2.75) is 42.5 Å². The number of carbonyl (C=O) groups excluding carboxylic acids is 1. The third kappa shape index (κ3) is 8.75. The van der Waals surface area contributed by atoms with E-state index in [2.05, 4.69) is 20.9 Å². The number of aliphatic imine (C=N–C) groups is 1. The summed E-state index contributed by atoms with van der Waals surface area (Å²) in [4.78, 5) is 22.4. The maximum absolute atomic E-state index is 14.5. The van der Waals surface area contributed by atoms with E-state index in [1.54, 1.807) is 84.9 Å². The highest BCUT2D eigenvalue weighted by Crippen LogP contribution is 2.44. The Bertz CT molecular complexity index is 1990. The Balaban J connectivity index is 1.57. The molecule has 0 unspecified atom stereocenters. The third-order valence-corrected chi connectivity index (χ3v) is 10.3. The van der Waals surface area contributed by atoms with Gasteiger partial charge in [-0.2, -0.15) is 0 Å². The molecule has 4 aromatic rings. The quantitative estimate of drug-likeness (QED) is 0.0386. The first-order valence-corrected chi connectivity index (χ1v) is 18.0. The van der Waals surface area contributed by atoms with E-state index in [1.165, 1.54) is 12.1 Å². The number of rotatable bonds is 16. The van der Waals surface area contributed by atoms with E-state index in [1.807, 2.05) is 0 Å². The van der Waals surface area contributed by atoms with Gasteiger partial charge in [0, 0.05) is 46.5 Å². The van der Waals surface area contributed by atoms with Gasteiger partial charge < -0.3 is 14.6 Å². The van der Waals surface area contributed by atoms with Crippen molar-refractivity contribution in [3.05, 3.63) is 140 Å². The molecule has 15 heteroatoms. The molecule has 1 aliphatic heterocycles. The molecule has 3 N–H and O–H groups in total. The summed E-state index contributed by atoms with van der Waals surface area (Å²) in [7, 11) is -3.88. The number of nitrogens with zero attached hydrogens (tertiary/aromatic N) is 4. The molecule has 0 spiro atoms. The van der Waals surface area contributed by atoms with Crippen molar-refractivity contribution in [3.63, 3.8) is 0 Å². The monoisotopic (exact) mass is 736 g/mol. The molecule has 2 atom stereocenters. The van der Waals surface area contributed by atoms with Crippen LogP contribution in [0.4, 0.5) is 0 Å². The van der Waals surface area contributed by atoms with Crippen molar-refractivity contribution >= 4 is 44.8 Å². The van der Waals surface area contributed by atoms with Crippen LogP contribution in [-0.2, 0) is 32.5 Å². The second kappa shape index (κ2) is 16.9. The van der Waals surface area contributed by atoms with Gasteiger partial charge in [-0.25, -0.2) is 18.8 Å². The number of amides is 1. The largest absolute Gasteiger partial charge is 0.494 e. The van der Waals surface area contributed by atoms with Gasteiger partial charge in [0.05, 0.1) is 23.8 Å². The zero-order valence-electron chi connectivity index (χ0n) is 26.7. The first-order chi connectivity index (χ1) is 24.2. The van der Waals surface area contributed by atoms with E-state index in [0.717, 1.165) is 0 Å². The van der Waals surface area contributed by atoms with Crippen molar-refractivity contribution < 1.29 is 27.8 Å². The lowest BCUT2D eigenvalue weighted by molar-refractivity contribution is -0.130. The van der Waals surface area contributed by atoms with Gasteiger partial charge in [-0.15, -0.1) is 0 Å². The Labute approximate surface area is 299 Å². The van der Waals surface area contributed by atoms with Crippen molar-refractivity contribution in [1.29, 1.82) is 0 Å². The van der Waals surface area contributed by atoms with Crippen molar-refractivity contribution in [2.24, 2.45) is 10.1 Å². The Morgan fingerprint density at radius 2 is 1.76 bits per heavy atom. The lowest BCUT2D eigenvalue weighted by atomic mass is 9.83. The van der Waals surface area contributed by atoms with Crippen LogP contribution in [0.2, 0.25) is 10.0 Å². The fraction of sp³-hybridized carbons (Fsp3) is 0.257. The summed E-state index contributed by atoms with van der Waals surface area (Å²) < 4.78 is 39.4. The van der Waals surface area contributed by atoms with Crippen LogP contribution in [-0.4, -0.2) is 49.8 Å². The molecular weight excluding hydrogens is 703 g/mol. The van der Waals surface area contributed by atoms with Crippen LogP contribution in [0.25, 0.3) is 10.4 Å². The number of aliphatic hydroxyl groups excluding tert-OH is 1. The Kier molecular flexibility index (Phi) is 12.4. The number of halogens is 2. The summed E-state index contributed by atoms with van der Waals surface area (Å²) in [5, 5.41) is 13.7. The lowest BCUT2D eigenvalue weighted by Crippen LogP contribution is -2.53. The van der Waals surface area contributed by atoms with Gasteiger partial charge in [0.15, 0.2) is 21.5 Å². The molecule has 0 aliphatic carbocycles. The van der Waals surface area contributed by atoms with Gasteiger partial charge >= 0.3 is 0 Å². The van der Waals surface area contributed by atoms with Gasteiger partial charge in [0.25, 0.3) is 5.91 Å². The predicted octanol–water partition coefficient (Wildman–Crippen LogP) is 6.51. The Hall–Kier alpha value is -4.62. The summed E-state index contributed by atoms with van der Waals surface area (Å²) in [6, 6.07) is 26.8. The fourth-order valence-electron chi connectivity index (χ4n) is 5.42. The first kappa shape index (κ1) is 36.7. The molecule has 0 bridgehead atoms. The maximum Gasteiger partial charge on any atom is 0.266 e. The van der Waals surface area contributed by atoms with Gasteiger partial charge in [-0.3, -0.25) is 10.2 Å². The summed E-state index contributed by atoms with van der Waals surface area (Å²) in [6.45, 7) is 0.393. The highest BCUT2D eigenvalue weighted by atomic mass is 35.5. The second-order valence-electron chi connectivity index (χ2n) is 11.3. The van der Waals surface area contributed by atoms with Crippen LogP contribution in [0.15, 0.2) is 112 Å². The number of hydrazine groups is 1. The molecular formula is C35H34Cl2N6O6S. The highest BCUT2D eigenvalue weighted by molar-refractivity contribution is 7.91. The molecule has 12 nitrogen and oxygen atoms in total. The van der Waals surface area contributed by atoms with Gasteiger partial charge in [-0.05, 0) is 70.8 Å². The molecule has 4 aromatic carbocycles. The minimum Gasteiger partial charge on any atom is -0.494 e. The minimum absolute atomic E-state index is 0.00297. The minimum atomic E-state index is -3.88. The first-order valence-electron chi connectivity index (χ1n) is 15.6. The number of ether oxygens (including phenoxy) is 2. The smallest absolute Gasteiger partial charge is 0.266 e. The maximum atomic E-state index is 14.5. The highest BCUT2D eigenvalue weighted by Gasteiger charge is 2.54. The average Bonchev–Trinajstić information content (AvgIpc) is 3.52. The zero-order chi connectivity index (χ0) is 35.6. The molecule has 0 saturated heterocycles. The van der Waals surface area contributed by atoms with E-state index < -0.39 is 33.1 Å². The van der Waals surface area contributed by atoms with Gasteiger partial charge in [0.1, 0.15) is 5.75 Å². The van der Waals surface area contributed by atoms with Crippen LogP contribution in [0, 0.1) is 0 Å². The second-order valence-corrected chi connectivity index (χ2v) is 14.3. The van der Waals surface area contributed by atoms with E-state index in [0.29, 0.717) is 51.1 Å². The van der Waals surface area contributed by atoms with E-state index >= 15 is 0 Å². The van der Waals surface area contributed by atoms with Crippen molar-refractivity contribution in [2.75, 3.05) is 19.0 Å². The standard InChI is InChI=1S/C35H34Cl2N6O6S/c36-27-14-11-26(31(37)21-27)23-39-42-34(45)35(17-20-50(46,47)29-8-2-1-3-9-29)32(30-10-5-4-7-25(30)22-40-43-38)49-33(41-35)24-12-15-28(16-13-24)48-19-6-18-44/h1-5,7-16,21,32,39,44H,6,17-20,22-23H2,(H,42,45)/t32-,35-/m0/s1. The SMILES string of the molecule is [N-]=[N+]=NCc1ccccc1[C@@H]1OC(c2ccc(OCCCO)cc2)=N[C@]1(CCS(=O)(=O)c1ccccc1)C(=O)NNCc1ccc(Cl)cc1Cl. The summed E-state index contributed by atoms with van der Waals surface area (Å²) in [6.07, 6.45) is -0.933. The number of nitrogens with one attached hydrogen (secondary N) is 2. The van der Waals surface area contributed by atoms with Crippen LogP contribution < -0.4 is 15.6 Å². The molecule has 260 valence electrons. The Morgan fingerprint density at radius 1 is 1.02 bits per heavy atom. The number of sulfone groups is 1. The fourth-order valence-corrected chi connectivity index (χ4v) is 7.28. The number of aliphatic hydroxyl groups is 1. The molecule has 5 rings (SSSR count). The topological polar surface area (TPSA) is 175 Å². The predicted molar refractivity (Wildman–Crippen MR) is 191 cm³/mol. The van der Waals surface area contributed by atoms with Gasteiger partial charge in [0.2, 0.25) is 5.90 Å².